The van der Waals surface area contributed by atoms with Crippen molar-refractivity contribution in [2.45, 2.75) is 38.8 Å². The van der Waals surface area contributed by atoms with Gasteiger partial charge in [0.15, 0.2) is 0 Å². The van der Waals surface area contributed by atoms with Gasteiger partial charge in [0.05, 0.1) is 19.8 Å². The van der Waals surface area contributed by atoms with Crippen LogP contribution in [-0.2, 0) is 6.42 Å². The highest BCUT2D eigenvalue weighted by atomic mass is 16.6. The number of benzene rings is 2. The van der Waals surface area contributed by atoms with Gasteiger partial charge in [-0.15, -0.1) is 0 Å². The van der Waals surface area contributed by atoms with Crippen molar-refractivity contribution in [3.8, 4) is 11.5 Å². The molecule has 2 aliphatic rings. The van der Waals surface area contributed by atoms with Gasteiger partial charge in [-0.05, 0) is 55.2 Å². The molecule has 0 spiro atoms. The van der Waals surface area contributed by atoms with E-state index in [4.69, 9.17) is 15.2 Å². The first kappa shape index (κ1) is 26.0. The molecule has 38 heavy (non-hydrogen) atoms. The number of carbonyl (C=O) groups excluding carboxylic acids is 1. The van der Waals surface area contributed by atoms with Crippen molar-refractivity contribution in [2.24, 2.45) is 11.1 Å². The summed E-state index contributed by atoms with van der Waals surface area (Å²) in [5.74, 6) is 1.12. The van der Waals surface area contributed by atoms with Crippen LogP contribution in [0.15, 0.2) is 48.5 Å². The molecule has 5 N–H and O–H groups in total. The summed E-state index contributed by atoms with van der Waals surface area (Å²) in [5.41, 5.74) is 9.64. The topological polar surface area (TPSA) is 121 Å². The second-order valence-electron chi connectivity index (χ2n) is 10.6. The van der Waals surface area contributed by atoms with Crippen LogP contribution in [0.1, 0.15) is 41.8 Å². The molecule has 0 saturated carbocycles. The zero-order valence-corrected chi connectivity index (χ0v) is 21.8. The van der Waals surface area contributed by atoms with Gasteiger partial charge in [0.25, 0.3) is 0 Å². The summed E-state index contributed by atoms with van der Waals surface area (Å²) in [7, 11) is 0. The standard InChI is InChI=1S/C30H35N3O5/c1-19-3-8-23(9-4-19)38-29(36)33-14-13-24-25-15-21(31)7-12-26(25)32-27(24)28(33)20-5-10-22(11-6-20)37-18-30(2,16-34)17-35/h3-6,8-12,15,21,28,32,34-35H,7,13-14,16-18,31H2,1-2H3/t21?,28-/m0/s1. The molecule has 1 amide bonds. The van der Waals surface area contributed by atoms with Crippen molar-refractivity contribution in [3.63, 3.8) is 0 Å². The Labute approximate surface area is 222 Å². The lowest BCUT2D eigenvalue weighted by Crippen LogP contribution is -2.43. The number of nitrogens with two attached hydrogens (primary N) is 1. The fraction of sp³-hybridized carbons (Fsp3) is 0.367. The van der Waals surface area contributed by atoms with E-state index in [1.165, 1.54) is 5.56 Å². The van der Waals surface area contributed by atoms with Gasteiger partial charge in [-0.1, -0.05) is 48.9 Å². The Balaban J connectivity index is 1.48. The Kier molecular flexibility index (Phi) is 7.29. The first-order chi connectivity index (χ1) is 18.3. The molecule has 5 rings (SSSR count). The van der Waals surface area contributed by atoms with Gasteiger partial charge in [-0.3, -0.25) is 4.90 Å². The van der Waals surface area contributed by atoms with E-state index < -0.39 is 11.5 Å². The molecule has 1 aromatic heterocycles. The van der Waals surface area contributed by atoms with Crippen molar-refractivity contribution >= 4 is 18.2 Å². The van der Waals surface area contributed by atoms with Crippen molar-refractivity contribution in [2.75, 3.05) is 26.4 Å². The predicted molar refractivity (Wildman–Crippen MR) is 145 cm³/mol. The van der Waals surface area contributed by atoms with E-state index in [0.29, 0.717) is 24.5 Å². The maximum atomic E-state index is 13.5. The number of hydrogen-bond acceptors (Lipinski definition) is 6. The summed E-state index contributed by atoms with van der Waals surface area (Å²) >= 11 is 0. The molecule has 0 bridgehead atoms. The second-order valence-corrected chi connectivity index (χ2v) is 10.6. The van der Waals surface area contributed by atoms with Crippen LogP contribution >= 0.6 is 0 Å². The Morgan fingerprint density at radius 2 is 1.79 bits per heavy atom. The monoisotopic (exact) mass is 517 g/mol. The van der Waals surface area contributed by atoms with E-state index in [2.05, 4.69) is 17.1 Å². The number of aromatic amines is 1. The Hall–Kier alpha value is -3.59. The van der Waals surface area contributed by atoms with E-state index in [1.54, 1.807) is 24.0 Å². The van der Waals surface area contributed by atoms with E-state index >= 15 is 0 Å². The zero-order valence-electron chi connectivity index (χ0n) is 21.8. The van der Waals surface area contributed by atoms with Gasteiger partial charge in [-0.2, -0.15) is 0 Å². The molecular weight excluding hydrogens is 482 g/mol. The van der Waals surface area contributed by atoms with Crippen LogP contribution in [0.25, 0.3) is 12.2 Å². The normalized spacial score (nSPS) is 18.6. The summed E-state index contributed by atoms with van der Waals surface area (Å²) in [4.78, 5) is 18.8. The molecule has 8 heteroatoms. The van der Waals surface area contributed by atoms with Crippen LogP contribution < -0.4 is 25.8 Å². The summed E-state index contributed by atoms with van der Waals surface area (Å²) in [6, 6.07) is 14.6. The van der Waals surface area contributed by atoms with Crippen LogP contribution in [-0.4, -0.2) is 58.6 Å². The average molecular weight is 518 g/mol. The van der Waals surface area contributed by atoms with E-state index in [9.17, 15) is 15.0 Å². The van der Waals surface area contributed by atoms with Gasteiger partial charge in [0, 0.05) is 34.3 Å². The summed E-state index contributed by atoms with van der Waals surface area (Å²) in [5, 5.41) is 21.3. The SMILES string of the molecule is Cc1ccc(OC(=O)N2CCc3c([nH]c4c3=CC(N)CC=4)[C@@H]2c2ccc(OCC(C)(CO)CO)cc2)cc1. The molecule has 2 aromatic carbocycles. The average Bonchev–Trinajstić information content (AvgIpc) is 3.30. The number of ether oxygens (including phenoxy) is 2. The summed E-state index contributed by atoms with van der Waals surface area (Å²) < 4.78 is 11.6. The highest BCUT2D eigenvalue weighted by Crippen LogP contribution is 2.34. The summed E-state index contributed by atoms with van der Waals surface area (Å²) in [6.45, 7) is 4.06. The summed E-state index contributed by atoms with van der Waals surface area (Å²) in [6.07, 6.45) is 5.28. The number of aliphatic hydroxyl groups is 2. The number of aryl methyl sites for hydroxylation is 1. The highest BCUT2D eigenvalue weighted by Gasteiger charge is 2.35. The smallest absolute Gasteiger partial charge is 0.416 e. The second kappa shape index (κ2) is 10.6. The molecule has 0 saturated heterocycles. The molecule has 1 aliphatic heterocycles. The van der Waals surface area contributed by atoms with Gasteiger partial charge in [0.1, 0.15) is 17.5 Å². The molecule has 8 nitrogen and oxygen atoms in total. The number of rotatable bonds is 7. The molecule has 3 aromatic rings. The molecule has 2 atom stereocenters. The van der Waals surface area contributed by atoms with Crippen LogP contribution in [0.3, 0.4) is 0 Å². The Bertz CT molecular complexity index is 1410. The molecule has 1 unspecified atom stereocenters. The van der Waals surface area contributed by atoms with E-state index in [0.717, 1.165) is 33.8 Å². The lowest BCUT2D eigenvalue weighted by molar-refractivity contribution is 0.0287. The van der Waals surface area contributed by atoms with Crippen molar-refractivity contribution in [1.29, 1.82) is 0 Å². The first-order valence-electron chi connectivity index (χ1n) is 13.0. The number of amides is 1. The highest BCUT2D eigenvalue weighted by molar-refractivity contribution is 5.73. The van der Waals surface area contributed by atoms with Crippen LogP contribution in [0.4, 0.5) is 4.79 Å². The van der Waals surface area contributed by atoms with E-state index in [1.807, 2.05) is 43.3 Å². The maximum Gasteiger partial charge on any atom is 0.416 e. The zero-order chi connectivity index (χ0) is 26.9. The largest absolute Gasteiger partial charge is 0.493 e. The van der Waals surface area contributed by atoms with Crippen molar-refractivity contribution < 1.29 is 24.5 Å². The molecule has 1 aliphatic carbocycles. The van der Waals surface area contributed by atoms with Crippen LogP contribution in [0.2, 0.25) is 0 Å². The lowest BCUT2D eigenvalue weighted by atomic mass is 9.92. The third kappa shape index (κ3) is 5.20. The minimum Gasteiger partial charge on any atom is -0.493 e. The number of nitrogens with one attached hydrogen (secondary N) is 1. The molecule has 2 heterocycles. The first-order valence-corrected chi connectivity index (χ1v) is 13.0. The van der Waals surface area contributed by atoms with Crippen LogP contribution in [0, 0.1) is 12.3 Å². The molecular formula is C30H35N3O5. The molecule has 0 fully saturated rings. The fourth-order valence-electron chi connectivity index (χ4n) is 4.96. The van der Waals surface area contributed by atoms with Crippen LogP contribution in [0.5, 0.6) is 11.5 Å². The number of aliphatic hydroxyl groups excluding tert-OH is 2. The van der Waals surface area contributed by atoms with E-state index in [-0.39, 0.29) is 31.9 Å². The van der Waals surface area contributed by atoms with Gasteiger partial charge >= 0.3 is 6.09 Å². The molecule has 0 radical (unpaired) electrons. The fourth-order valence-corrected chi connectivity index (χ4v) is 4.96. The predicted octanol–water partition coefficient (Wildman–Crippen LogP) is 2.13. The third-order valence-corrected chi connectivity index (χ3v) is 7.38. The lowest BCUT2D eigenvalue weighted by Gasteiger charge is -2.35. The number of fused-ring (bicyclic) bond motifs is 3. The Morgan fingerprint density at radius 1 is 1.11 bits per heavy atom. The maximum absolute atomic E-state index is 13.5. The van der Waals surface area contributed by atoms with Crippen molar-refractivity contribution in [1.82, 2.24) is 9.88 Å². The number of carbonyl (C=O) groups is 1. The van der Waals surface area contributed by atoms with Gasteiger partial charge in [0.2, 0.25) is 0 Å². The van der Waals surface area contributed by atoms with Crippen molar-refractivity contribution in [3.05, 3.63) is 81.5 Å². The number of aromatic nitrogens is 1. The third-order valence-electron chi connectivity index (χ3n) is 7.38. The van der Waals surface area contributed by atoms with Gasteiger partial charge < -0.3 is 30.4 Å². The molecule has 200 valence electrons. The van der Waals surface area contributed by atoms with Gasteiger partial charge in [-0.25, -0.2) is 4.79 Å². The number of H-pyrrole nitrogens is 1. The Morgan fingerprint density at radius 3 is 2.47 bits per heavy atom. The minimum atomic E-state index is -0.731. The minimum absolute atomic E-state index is 0.0228. The number of hydrogen-bond donors (Lipinski definition) is 4. The quantitative estimate of drug-likeness (QED) is 0.381. The number of nitrogens with zero attached hydrogens (tertiary/aromatic N) is 1.